The monoisotopic (exact) mass is 871 g/mol. The Balaban J connectivity index is 1.02. The highest BCUT2D eigenvalue weighted by Gasteiger charge is 2.54. The number of aromatic nitrogens is 1. The maximum Gasteiger partial charge on any atom is 0.405 e. The molecule has 0 bridgehead atoms. The van der Waals surface area contributed by atoms with Gasteiger partial charge in [0.2, 0.25) is 11.8 Å². The average Bonchev–Trinajstić information content (AvgIpc) is 3.84. The van der Waals surface area contributed by atoms with Crippen molar-refractivity contribution in [2.24, 2.45) is 5.92 Å². The number of aliphatic hydroxyl groups is 1. The first-order chi connectivity index (χ1) is 29.7. The van der Waals surface area contributed by atoms with Crippen LogP contribution in [0.1, 0.15) is 43.2 Å². The maximum absolute atomic E-state index is 15.1. The Bertz CT molecular complexity index is 2330. The number of furan rings is 1. The molecular weight excluding hydrogens is 823 g/mol. The molecule has 15 heteroatoms. The highest BCUT2D eigenvalue weighted by molar-refractivity contribution is 6.30. The van der Waals surface area contributed by atoms with Gasteiger partial charge in [-0.3, -0.25) is 24.4 Å². The summed E-state index contributed by atoms with van der Waals surface area (Å²) in [5, 5.41) is 14.6. The van der Waals surface area contributed by atoms with Gasteiger partial charge in [0.1, 0.15) is 48.3 Å². The first-order valence-electron chi connectivity index (χ1n) is 20.8. The predicted molar refractivity (Wildman–Crippen MR) is 227 cm³/mol. The predicted octanol–water partition coefficient (Wildman–Crippen LogP) is 7.53. The largest absolute Gasteiger partial charge is 0.490 e. The second-order valence-corrected chi connectivity index (χ2v) is 17.1. The number of rotatable bonds is 13. The topological polar surface area (TPSA) is 121 Å². The smallest absolute Gasteiger partial charge is 0.405 e. The van der Waals surface area contributed by atoms with Crippen molar-refractivity contribution in [1.82, 2.24) is 25.0 Å². The molecule has 3 aliphatic rings. The first kappa shape index (κ1) is 43.4. The molecule has 5 aromatic rings. The zero-order valence-corrected chi connectivity index (χ0v) is 35.2. The standard InChI is InChI=1S/C47H49ClF3N5O6/c1-46(2)56(43-38-7-3-4-8-41(38)60-28-42(43)62-46)45(59)34(22-30-9-11-31(12-10-30)33-6-5-19-52-24-33)23-36(57)25-55-21-20-54(27-39(55)44(58)53-29-47(49,50)51)26-37-17-18-40(61-37)32-13-15-35(48)16-14-32/h3-19,24,34,36,39,42-43,57H,20-23,25-29H2,1-2H3,(H,53,58)/t34-,36?,39+,42-,43?/m1/s1. The molecule has 3 aliphatic heterocycles. The van der Waals surface area contributed by atoms with Crippen molar-refractivity contribution in [2.75, 3.05) is 39.3 Å². The SMILES string of the molecule is CC1(C)O[C@@H]2COc3ccccc3C2N1C(=O)[C@H](Cc1ccc(-c2cccnc2)cc1)CC(O)CN1CCN(Cc2ccc(-c3ccc(Cl)cc3)o2)C[C@H]1C(=O)NCC(F)(F)F. The lowest BCUT2D eigenvalue weighted by atomic mass is 9.89. The number of carbonyl (C=O) groups is 2. The molecule has 5 heterocycles. The van der Waals surface area contributed by atoms with E-state index in [0.29, 0.717) is 35.4 Å². The Hall–Kier alpha value is -5.25. The molecule has 3 aromatic carbocycles. The van der Waals surface area contributed by atoms with Crippen LogP contribution >= 0.6 is 11.6 Å². The number of β-amino-alcohol motifs (C(OH)–C–C–N with tert-alkyl or cyclic N) is 1. The molecule has 2 unspecified atom stereocenters. The van der Waals surface area contributed by atoms with E-state index in [4.69, 9.17) is 25.5 Å². The molecule has 0 spiro atoms. The summed E-state index contributed by atoms with van der Waals surface area (Å²) in [5.74, 6) is 0.178. The van der Waals surface area contributed by atoms with Crippen LogP contribution in [0.4, 0.5) is 13.2 Å². The number of alkyl halides is 3. The number of hydrogen-bond acceptors (Lipinski definition) is 9. The van der Waals surface area contributed by atoms with Gasteiger partial charge in [-0.25, -0.2) is 0 Å². The van der Waals surface area contributed by atoms with Crippen LogP contribution in [-0.2, 0) is 27.3 Å². The molecule has 2 fully saturated rings. The first-order valence-corrected chi connectivity index (χ1v) is 21.1. The molecule has 62 heavy (non-hydrogen) atoms. The van der Waals surface area contributed by atoms with Gasteiger partial charge in [0, 0.05) is 60.6 Å². The number of halogens is 4. The number of hydrogen-bond donors (Lipinski definition) is 2. The second kappa shape index (κ2) is 18.2. The van der Waals surface area contributed by atoms with Crippen molar-refractivity contribution in [2.45, 2.75) is 69.4 Å². The summed E-state index contributed by atoms with van der Waals surface area (Å²) in [6.45, 7) is 3.56. The van der Waals surface area contributed by atoms with Gasteiger partial charge < -0.3 is 29.2 Å². The van der Waals surface area contributed by atoms with Crippen LogP contribution in [0.3, 0.4) is 0 Å². The fourth-order valence-corrected chi connectivity index (χ4v) is 9.05. The third-order valence-corrected chi connectivity index (χ3v) is 12.1. The lowest BCUT2D eigenvalue weighted by Crippen LogP contribution is -2.60. The summed E-state index contributed by atoms with van der Waals surface area (Å²) in [5.41, 5.74) is 3.44. The molecule has 5 atom stereocenters. The Labute approximate surface area is 363 Å². The molecule has 8 rings (SSSR count). The van der Waals surface area contributed by atoms with E-state index in [-0.39, 0.29) is 45.0 Å². The van der Waals surface area contributed by atoms with E-state index in [1.54, 1.807) is 34.3 Å². The Morgan fingerprint density at radius 3 is 2.45 bits per heavy atom. The summed E-state index contributed by atoms with van der Waals surface area (Å²) < 4.78 is 58.6. The molecular formula is C47H49ClF3N5O6. The minimum Gasteiger partial charge on any atom is -0.490 e. The van der Waals surface area contributed by atoms with E-state index >= 15 is 4.79 Å². The van der Waals surface area contributed by atoms with Gasteiger partial charge in [-0.15, -0.1) is 0 Å². The maximum atomic E-state index is 15.1. The number of amides is 2. The third-order valence-electron chi connectivity index (χ3n) is 11.8. The summed E-state index contributed by atoms with van der Waals surface area (Å²) in [6, 6.07) is 28.7. The number of piperazine rings is 1. The molecule has 2 amide bonds. The van der Waals surface area contributed by atoms with Crippen LogP contribution in [0.5, 0.6) is 5.75 Å². The lowest BCUT2D eigenvalue weighted by molar-refractivity contribution is -0.153. The number of benzene rings is 3. The van der Waals surface area contributed by atoms with Gasteiger partial charge in [-0.05, 0) is 91.9 Å². The minimum absolute atomic E-state index is 0.0161. The van der Waals surface area contributed by atoms with E-state index in [1.807, 2.05) is 104 Å². The highest BCUT2D eigenvalue weighted by Crippen LogP contribution is 2.48. The van der Waals surface area contributed by atoms with E-state index in [2.05, 4.69) is 10.3 Å². The lowest BCUT2D eigenvalue weighted by Gasteiger charge is -2.41. The van der Waals surface area contributed by atoms with Crippen molar-refractivity contribution in [3.05, 3.63) is 131 Å². The van der Waals surface area contributed by atoms with Gasteiger partial charge in [0.05, 0.1) is 18.7 Å². The number of ether oxygens (including phenoxy) is 2. The van der Waals surface area contributed by atoms with Gasteiger partial charge in [0.15, 0.2) is 0 Å². The van der Waals surface area contributed by atoms with Crippen LogP contribution in [0.15, 0.2) is 114 Å². The van der Waals surface area contributed by atoms with Crippen LogP contribution < -0.4 is 10.1 Å². The Kier molecular flexibility index (Phi) is 12.8. The second-order valence-electron chi connectivity index (χ2n) is 16.7. The van der Waals surface area contributed by atoms with Gasteiger partial charge in [-0.2, -0.15) is 13.2 Å². The molecule has 11 nitrogen and oxygen atoms in total. The van der Waals surface area contributed by atoms with E-state index < -0.39 is 54.6 Å². The summed E-state index contributed by atoms with van der Waals surface area (Å²) in [6.07, 6.45) is -2.35. The third kappa shape index (κ3) is 10.0. The van der Waals surface area contributed by atoms with Crippen molar-refractivity contribution in [3.63, 3.8) is 0 Å². The number of carbonyl (C=O) groups excluding carboxylic acids is 2. The van der Waals surface area contributed by atoms with E-state index in [9.17, 15) is 23.1 Å². The molecule has 2 aromatic heterocycles. The fourth-order valence-electron chi connectivity index (χ4n) is 8.93. The molecule has 2 N–H and O–H groups in total. The van der Waals surface area contributed by atoms with E-state index in [1.165, 1.54) is 0 Å². The van der Waals surface area contributed by atoms with Crippen LogP contribution in [0, 0.1) is 5.92 Å². The number of para-hydroxylation sites is 1. The number of nitrogens with zero attached hydrogens (tertiary/aromatic N) is 4. The average molecular weight is 872 g/mol. The van der Waals surface area contributed by atoms with Crippen molar-refractivity contribution < 1.29 is 41.8 Å². The quantitative estimate of drug-likeness (QED) is 0.124. The normalized spacial score (nSPS) is 21.1. The number of pyridine rings is 1. The number of nitrogens with one attached hydrogen (secondary N) is 1. The Morgan fingerprint density at radius 1 is 0.952 bits per heavy atom. The van der Waals surface area contributed by atoms with Crippen molar-refractivity contribution >= 4 is 23.4 Å². The summed E-state index contributed by atoms with van der Waals surface area (Å²) in [7, 11) is 0. The molecule has 0 radical (unpaired) electrons. The summed E-state index contributed by atoms with van der Waals surface area (Å²) >= 11 is 6.05. The van der Waals surface area contributed by atoms with Crippen molar-refractivity contribution in [1.29, 1.82) is 0 Å². The highest BCUT2D eigenvalue weighted by atomic mass is 35.5. The van der Waals surface area contributed by atoms with Gasteiger partial charge in [-0.1, -0.05) is 60.1 Å². The molecule has 2 saturated heterocycles. The van der Waals surface area contributed by atoms with Crippen LogP contribution in [0.2, 0.25) is 5.02 Å². The number of fused-ring (bicyclic) bond motifs is 3. The zero-order valence-electron chi connectivity index (χ0n) is 34.4. The molecule has 0 saturated carbocycles. The van der Waals surface area contributed by atoms with E-state index in [0.717, 1.165) is 27.8 Å². The number of aliphatic hydroxyl groups excluding tert-OH is 1. The van der Waals surface area contributed by atoms with Gasteiger partial charge >= 0.3 is 6.18 Å². The van der Waals surface area contributed by atoms with Crippen molar-refractivity contribution in [3.8, 4) is 28.2 Å². The van der Waals surface area contributed by atoms with Crippen LogP contribution in [0.25, 0.3) is 22.5 Å². The van der Waals surface area contributed by atoms with Gasteiger partial charge in [0.25, 0.3) is 0 Å². The van der Waals surface area contributed by atoms with Crippen LogP contribution in [-0.4, -0.2) is 106 Å². The summed E-state index contributed by atoms with van der Waals surface area (Å²) in [4.78, 5) is 38.3. The molecule has 0 aliphatic carbocycles. The Morgan fingerprint density at radius 2 is 1.71 bits per heavy atom. The fraction of sp³-hybridized carbons (Fsp3) is 0.383. The zero-order chi connectivity index (χ0) is 43.6. The minimum atomic E-state index is -4.61. The molecule has 326 valence electrons.